The lowest BCUT2D eigenvalue weighted by atomic mass is 10.0. The maximum Gasteiger partial charge on any atom is 0.235 e. The summed E-state index contributed by atoms with van der Waals surface area (Å²) in [5.41, 5.74) is 3.14. The fourth-order valence-electron chi connectivity index (χ4n) is 3.65. The third-order valence-corrected chi connectivity index (χ3v) is 6.15. The molecule has 1 aromatic heterocycles. The number of carbonyl (C=O) groups is 1. The first kappa shape index (κ1) is 18.8. The molecule has 0 unspecified atom stereocenters. The van der Waals surface area contributed by atoms with Crippen molar-refractivity contribution in [3.63, 3.8) is 0 Å². The molecule has 1 fully saturated rings. The Bertz CT molecular complexity index is 985. The van der Waals surface area contributed by atoms with E-state index in [-0.39, 0.29) is 11.2 Å². The van der Waals surface area contributed by atoms with E-state index in [1.807, 2.05) is 42.2 Å². The lowest BCUT2D eigenvalue weighted by Gasteiger charge is -2.20. The highest BCUT2D eigenvalue weighted by Gasteiger charge is 2.24. The van der Waals surface area contributed by atoms with E-state index >= 15 is 0 Å². The van der Waals surface area contributed by atoms with Gasteiger partial charge in [-0.1, -0.05) is 42.1 Å². The molecule has 1 saturated heterocycles. The molecule has 28 heavy (non-hydrogen) atoms. The lowest BCUT2D eigenvalue weighted by Crippen LogP contribution is -2.34. The average molecular weight is 393 g/mol. The van der Waals surface area contributed by atoms with Gasteiger partial charge in [-0.3, -0.25) is 4.79 Å². The largest absolute Gasteiger partial charge is 0.497 e. The molecule has 4 nitrogen and oxygen atoms in total. The van der Waals surface area contributed by atoms with Crippen LogP contribution >= 0.6 is 11.8 Å². The van der Waals surface area contributed by atoms with Crippen LogP contribution in [0.3, 0.4) is 0 Å². The molecular formula is C23H24N2O2S. The normalized spacial score (nSPS) is 15.0. The fraction of sp³-hybridized carbons (Fsp3) is 0.304. The summed E-state index contributed by atoms with van der Waals surface area (Å²) in [5, 5.41) is 1.78. The lowest BCUT2D eigenvalue weighted by molar-refractivity contribution is -0.129. The summed E-state index contributed by atoms with van der Waals surface area (Å²) >= 11 is 1.53. The van der Waals surface area contributed by atoms with E-state index in [1.54, 1.807) is 7.11 Å². The molecule has 0 aliphatic carbocycles. The van der Waals surface area contributed by atoms with E-state index in [0.29, 0.717) is 0 Å². The molecule has 1 aliphatic rings. The minimum Gasteiger partial charge on any atom is -0.497 e. The Balaban J connectivity index is 1.72. The number of fused-ring (bicyclic) bond motifs is 1. The van der Waals surface area contributed by atoms with Crippen molar-refractivity contribution < 1.29 is 9.53 Å². The zero-order chi connectivity index (χ0) is 19.5. The van der Waals surface area contributed by atoms with Gasteiger partial charge in [0.1, 0.15) is 5.75 Å². The van der Waals surface area contributed by atoms with Gasteiger partial charge in [-0.05, 0) is 49.1 Å². The van der Waals surface area contributed by atoms with Gasteiger partial charge in [0, 0.05) is 24.5 Å². The number of amides is 1. The summed E-state index contributed by atoms with van der Waals surface area (Å²) in [4.78, 5) is 19.5. The van der Waals surface area contributed by atoms with Crippen LogP contribution < -0.4 is 4.74 Å². The number of rotatable bonds is 5. The molecule has 2 heterocycles. The van der Waals surface area contributed by atoms with Gasteiger partial charge >= 0.3 is 0 Å². The quantitative estimate of drug-likeness (QED) is 0.572. The van der Waals surface area contributed by atoms with Crippen LogP contribution in [0.25, 0.3) is 22.0 Å². The van der Waals surface area contributed by atoms with Crippen LogP contribution in [-0.2, 0) is 4.79 Å². The number of carbonyl (C=O) groups excluding carboxylic acids is 1. The zero-order valence-corrected chi connectivity index (χ0v) is 17.0. The van der Waals surface area contributed by atoms with Gasteiger partial charge in [-0.15, -0.1) is 0 Å². The van der Waals surface area contributed by atoms with E-state index < -0.39 is 0 Å². The van der Waals surface area contributed by atoms with Gasteiger partial charge < -0.3 is 9.64 Å². The summed E-state index contributed by atoms with van der Waals surface area (Å²) in [7, 11) is 1.66. The molecule has 0 spiro atoms. The monoisotopic (exact) mass is 392 g/mol. The summed E-state index contributed by atoms with van der Waals surface area (Å²) in [5.74, 6) is 0.985. The van der Waals surface area contributed by atoms with Crippen LogP contribution in [0.15, 0.2) is 59.6 Å². The molecule has 3 aromatic rings. The number of thioether (sulfide) groups is 1. The molecule has 1 aliphatic heterocycles. The molecule has 2 aromatic carbocycles. The number of ether oxygens (including phenoxy) is 1. The number of aromatic nitrogens is 1. The van der Waals surface area contributed by atoms with E-state index in [2.05, 4.69) is 24.3 Å². The molecule has 1 atom stereocenters. The molecule has 1 amide bonds. The molecule has 0 saturated carbocycles. The smallest absolute Gasteiger partial charge is 0.235 e. The number of hydrogen-bond acceptors (Lipinski definition) is 4. The van der Waals surface area contributed by atoms with Crippen molar-refractivity contribution in [2.45, 2.75) is 30.0 Å². The minimum atomic E-state index is -0.155. The van der Waals surface area contributed by atoms with Crippen LogP contribution in [0.5, 0.6) is 5.75 Å². The van der Waals surface area contributed by atoms with Crippen LogP contribution in [0.4, 0.5) is 0 Å². The van der Waals surface area contributed by atoms with E-state index in [4.69, 9.17) is 9.72 Å². The van der Waals surface area contributed by atoms with Crippen molar-refractivity contribution in [2.24, 2.45) is 0 Å². The molecular weight excluding hydrogens is 368 g/mol. The number of hydrogen-bond donors (Lipinski definition) is 0. The van der Waals surface area contributed by atoms with E-state index in [1.165, 1.54) is 11.8 Å². The van der Waals surface area contributed by atoms with Crippen molar-refractivity contribution in [3.8, 4) is 16.9 Å². The van der Waals surface area contributed by atoms with Gasteiger partial charge in [-0.2, -0.15) is 0 Å². The minimum absolute atomic E-state index is 0.155. The van der Waals surface area contributed by atoms with Crippen molar-refractivity contribution in [2.75, 3.05) is 20.2 Å². The third-order valence-electron chi connectivity index (χ3n) is 5.14. The fourth-order valence-corrected chi connectivity index (χ4v) is 4.60. The maximum absolute atomic E-state index is 12.7. The molecule has 4 rings (SSSR count). The van der Waals surface area contributed by atoms with Crippen LogP contribution in [0, 0.1) is 0 Å². The summed E-state index contributed by atoms with van der Waals surface area (Å²) in [6.45, 7) is 3.73. The maximum atomic E-state index is 12.7. The zero-order valence-electron chi connectivity index (χ0n) is 16.2. The van der Waals surface area contributed by atoms with E-state index in [9.17, 15) is 4.79 Å². The van der Waals surface area contributed by atoms with Crippen molar-refractivity contribution in [1.29, 1.82) is 0 Å². The van der Waals surface area contributed by atoms with Crippen LogP contribution in [0.2, 0.25) is 0 Å². The molecule has 0 N–H and O–H groups in total. The van der Waals surface area contributed by atoms with Crippen molar-refractivity contribution in [1.82, 2.24) is 9.88 Å². The van der Waals surface area contributed by atoms with Crippen molar-refractivity contribution >= 4 is 28.6 Å². The highest BCUT2D eigenvalue weighted by molar-refractivity contribution is 8.00. The van der Waals surface area contributed by atoms with Crippen molar-refractivity contribution in [3.05, 3.63) is 54.6 Å². The number of nitrogens with zero attached hydrogens (tertiary/aromatic N) is 2. The van der Waals surface area contributed by atoms with Gasteiger partial charge in [0.25, 0.3) is 0 Å². The number of pyridine rings is 1. The average Bonchev–Trinajstić information content (AvgIpc) is 3.27. The molecule has 0 radical (unpaired) electrons. The molecule has 0 bridgehead atoms. The Morgan fingerprint density at radius 2 is 1.86 bits per heavy atom. The third kappa shape index (κ3) is 3.85. The SMILES string of the molecule is COc1ccc2c(-c3ccccc3)cc(S[C@H](C)C(=O)N3CCCC3)nc2c1. The predicted molar refractivity (Wildman–Crippen MR) is 115 cm³/mol. The second-order valence-corrected chi connectivity index (χ2v) is 8.41. The second-order valence-electron chi connectivity index (χ2n) is 7.05. The van der Waals surface area contributed by atoms with E-state index in [0.717, 1.165) is 58.7 Å². The van der Waals surface area contributed by atoms with Gasteiger partial charge in [0.05, 0.1) is 22.9 Å². The van der Waals surface area contributed by atoms with Gasteiger partial charge in [0.15, 0.2) is 0 Å². The second kappa shape index (κ2) is 8.23. The summed E-state index contributed by atoms with van der Waals surface area (Å²) in [6, 6.07) is 18.4. The Kier molecular flexibility index (Phi) is 5.53. The Labute approximate surface area is 169 Å². The predicted octanol–water partition coefficient (Wildman–Crippen LogP) is 5.01. The first-order chi connectivity index (χ1) is 13.7. The van der Waals surface area contributed by atoms with Gasteiger partial charge in [0.2, 0.25) is 5.91 Å². The number of likely N-dealkylation sites (tertiary alicyclic amines) is 1. The van der Waals surface area contributed by atoms with Crippen LogP contribution in [-0.4, -0.2) is 41.2 Å². The Morgan fingerprint density at radius 1 is 1.11 bits per heavy atom. The first-order valence-electron chi connectivity index (χ1n) is 9.65. The Hall–Kier alpha value is -2.53. The standard InChI is InChI=1S/C23H24N2O2S/c1-16(23(26)25-12-6-7-13-25)28-22-15-20(17-8-4-3-5-9-17)19-11-10-18(27-2)14-21(19)24-22/h3-5,8-11,14-16H,6-7,12-13H2,1-2H3/t16-/m1/s1. The topological polar surface area (TPSA) is 42.4 Å². The highest BCUT2D eigenvalue weighted by atomic mass is 32.2. The van der Waals surface area contributed by atoms with Crippen LogP contribution in [0.1, 0.15) is 19.8 Å². The number of methoxy groups -OCH3 is 1. The summed E-state index contributed by atoms with van der Waals surface area (Å²) in [6.07, 6.45) is 2.21. The molecule has 5 heteroatoms. The number of benzene rings is 2. The first-order valence-corrected chi connectivity index (χ1v) is 10.5. The highest BCUT2D eigenvalue weighted by Crippen LogP contribution is 2.35. The summed E-state index contributed by atoms with van der Waals surface area (Å²) < 4.78 is 5.39. The van der Waals surface area contributed by atoms with Gasteiger partial charge in [-0.25, -0.2) is 4.98 Å². The Morgan fingerprint density at radius 3 is 2.57 bits per heavy atom. The molecule has 144 valence electrons.